The highest BCUT2D eigenvalue weighted by Gasteiger charge is 2.06. The van der Waals surface area contributed by atoms with Gasteiger partial charge in [-0.2, -0.15) is 0 Å². The Hall–Kier alpha value is -2.08. The van der Waals surface area contributed by atoms with E-state index in [4.69, 9.17) is 18.0 Å². The molecule has 1 aromatic carbocycles. The van der Waals surface area contributed by atoms with E-state index in [9.17, 15) is 8.78 Å². The van der Waals surface area contributed by atoms with Gasteiger partial charge in [-0.05, 0) is 24.3 Å². The minimum absolute atomic E-state index is 0.00240. The summed E-state index contributed by atoms with van der Waals surface area (Å²) in [5.41, 5.74) is 6.07. The lowest BCUT2D eigenvalue weighted by molar-refractivity contribution is 0.603. The zero-order chi connectivity index (χ0) is 13.1. The molecule has 2 aromatic rings. The van der Waals surface area contributed by atoms with Crippen LogP contribution in [0, 0.1) is 11.6 Å². The number of thiocarbonyl (C=S) groups is 1. The predicted octanol–water partition coefficient (Wildman–Crippen LogP) is 2.74. The molecule has 0 spiro atoms. The van der Waals surface area contributed by atoms with Crippen molar-refractivity contribution in [3.8, 4) is 0 Å². The van der Waals surface area contributed by atoms with Crippen LogP contribution < -0.4 is 11.1 Å². The fourth-order valence-corrected chi connectivity index (χ4v) is 1.51. The second kappa shape index (κ2) is 5.05. The Morgan fingerprint density at radius 3 is 2.72 bits per heavy atom. The lowest BCUT2D eigenvalue weighted by Gasteiger charge is -2.08. The van der Waals surface area contributed by atoms with Crippen LogP contribution in [-0.2, 0) is 0 Å². The van der Waals surface area contributed by atoms with Crippen LogP contribution in [0.2, 0.25) is 0 Å². The third-order valence-corrected chi connectivity index (χ3v) is 2.47. The summed E-state index contributed by atoms with van der Waals surface area (Å²) in [5, 5.41) is 2.67. The molecule has 0 aliphatic carbocycles. The summed E-state index contributed by atoms with van der Waals surface area (Å²) < 4.78 is 26.4. The van der Waals surface area contributed by atoms with Crippen LogP contribution in [0.3, 0.4) is 0 Å². The normalized spacial score (nSPS) is 10.1. The molecule has 0 saturated carbocycles. The van der Waals surface area contributed by atoms with Gasteiger partial charge in [0.15, 0.2) is 0 Å². The van der Waals surface area contributed by atoms with E-state index in [1.165, 1.54) is 6.20 Å². The molecule has 3 nitrogen and oxygen atoms in total. The predicted molar refractivity (Wildman–Crippen MR) is 69.8 cm³/mol. The minimum Gasteiger partial charge on any atom is -0.389 e. The van der Waals surface area contributed by atoms with E-state index in [0.29, 0.717) is 11.4 Å². The first-order chi connectivity index (χ1) is 8.56. The number of aromatic nitrogens is 1. The maximum absolute atomic E-state index is 13.4. The van der Waals surface area contributed by atoms with Gasteiger partial charge in [-0.15, -0.1) is 0 Å². The number of nitrogens with one attached hydrogen (secondary N) is 1. The second-order valence-corrected chi connectivity index (χ2v) is 3.98. The van der Waals surface area contributed by atoms with E-state index in [2.05, 4.69) is 10.3 Å². The number of hydrogen-bond donors (Lipinski definition) is 2. The van der Waals surface area contributed by atoms with Gasteiger partial charge < -0.3 is 11.1 Å². The van der Waals surface area contributed by atoms with Gasteiger partial charge in [0.05, 0.1) is 5.69 Å². The molecule has 0 unspecified atom stereocenters. The molecule has 3 N–H and O–H groups in total. The number of rotatable bonds is 3. The van der Waals surface area contributed by atoms with Gasteiger partial charge in [-0.3, -0.25) is 0 Å². The maximum atomic E-state index is 13.4. The highest BCUT2D eigenvalue weighted by atomic mass is 32.1. The van der Waals surface area contributed by atoms with Crippen molar-refractivity contribution >= 4 is 28.7 Å². The van der Waals surface area contributed by atoms with Crippen molar-refractivity contribution in [2.45, 2.75) is 0 Å². The van der Waals surface area contributed by atoms with Crippen molar-refractivity contribution in [3.63, 3.8) is 0 Å². The Morgan fingerprint density at radius 2 is 2.00 bits per heavy atom. The monoisotopic (exact) mass is 265 g/mol. The number of benzene rings is 1. The van der Waals surface area contributed by atoms with Gasteiger partial charge >= 0.3 is 0 Å². The molecule has 0 amide bonds. The van der Waals surface area contributed by atoms with Crippen LogP contribution in [0.1, 0.15) is 5.56 Å². The lowest BCUT2D eigenvalue weighted by atomic mass is 10.2. The fourth-order valence-electron chi connectivity index (χ4n) is 1.38. The summed E-state index contributed by atoms with van der Waals surface area (Å²) in [5.74, 6) is -0.770. The van der Waals surface area contributed by atoms with E-state index in [1.807, 2.05) is 0 Å². The molecule has 92 valence electrons. The highest BCUT2D eigenvalue weighted by Crippen LogP contribution is 2.20. The molecule has 1 heterocycles. The molecular weight excluding hydrogens is 256 g/mol. The maximum Gasteiger partial charge on any atom is 0.146 e. The fraction of sp³-hybridized carbons (Fsp3) is 0. The number of halogens is 2. The number of pyridine rings is 1. The van der Waals surface area contributed by atoms with Crippen LogP contribution in [0.5, 0.6) is 0 Å². The van der Waals surface area contributed by atoms with E-state index in [0.717, 1.165) is 18.2 Å². The molecule has 0 radical (unpaired) electrons. The molecule has 2 rings (SSSR count). The number of anilines is 2. The van der Waals surface area contributed by atoms with Crippen LogP contribution >= 0.6 is 12.2 Å². The summed E-state index contributed by atoms with van der Waals surface area (Å²) in [6, 6.07) is 6.32. The number of hydrogen-bond acceptors (Lipinski definition) is 3. The summed E-state index contributed by atoms with van der Waals surface area (Å²) in [4.78, 5) is 4.18. The first kappa shape index (κ1) is 12.4. The summed E-state index contributed by atoms with van der Waals surface area (Å²) in [7, 11) is 0. The zero-order valence-corrected chi connectivity index (χ0v) is 9.97. The van der Waals surface area contributed by atoms with Crippen molar-refractivity contribution in [1.29, 1.82) is 0 Å². The van der Waals surface area contributed by atoms with Crippen LogP contribution in [-0.4, -0.2) is 9.97 Å². The number of nitrogens with zero attached hydrogens (tertiary/aromatic N) is 1. The van der Waals surface area contributed by atoms with E-state index >= 15 is 0 Å². The SMILES string of the molecule is NC(=S)c1ccnc(Nc2cc(F)ccc2F)c1. The largest absolute Gasteiger partial charge is 0.389 e. The average Bonchev–Trinajstić information content (AvgIpc) is 2.34. The Balaban J connectivity index is 2.31. The van der Waals surface area contributed by atoms with E-state index < -0.39 is 11.6 Å². The summed E-state index contributed by atoms with van der Waals surface area (Å²) in [6.07, 6.45) is 1.48. The highest BCUT2D eigenvalue weighted by molar-refractivity contribution is 7.80. The van der Waals surface area contributed by atoms with Crippen molar-refractivity contribution in [3.05, 3.63) is 53.7 Å². The van der Waals surface area contributed by atoms with Crippen LogP contribution in [0.4, 0.5) is 20.3 Å². The number of nitrogens with two attached hydrogens (primary N) is 1. The van der Waals surface area contributed by atoms with Gasteiger partial charge in [0, 0.05) is 17.8 Å². The van der Waals surface area contributed by atoms with Crippen molar-refractivity contribution in [2.75, 3.05) is 5.32 Å². The van der Waals surface area contributed by atoms with E-state index in [1.54, 1.807) is 12.1 Å². The molecular formula is C12H9F2N3S. The first-order valence-corrected chi connectivity index (χ1v) is 5.45. The third-order valence-electron chi connectivity index (χ3n) is 2.24. The van der Waals surface area contributed by atoms with Crippen LogP contribution in [0.15, 0.2) is 36.5 Å². The van der Waals surface area contributed by atoms with Crippen molar-refractivity contribution in [2.24, 2.45) is 5.73 Å². The Morgan fingerprint density at radius 1 is 1.22 bits per heavy atom. The molecule has 0 fully saturated rings. The standard InChI is InChI=1S/C12H9F2N3S/c13-8-1-2-9(14)10(6-8)17-11-5-7(12(15)18)3-4-16-11/h1-6H,(H2,15,18)(H,16,17). The van der Waals surface area contributed by atoms with Gasteiger partial charge in [0.1, 0.15) is 22.4 Å². The summed E-state index contributed by atoms with van der Waals surface area (Å²) >= 11 is 4.82. The Bertz CT molecular complexity index is 602. The van der Waals surface area contributed by atoms with Gasteiger partial charge in [-0.25, -0.2) is 13.8 Å². The molecule has 18 heavy (non-hydrogen) atoms. The third kappa shape index (κ3) is 2.78. The lowest BCUT2D eigenvalue weighted by Crippen LogP contribution is -2.10. The van der Waals surface area contributed by atoms with Crippen molar-refractivity contribution < 1.29 is 8.78 Å². The molecule has 0 bridgehead atoms. The van der Waals surface area contributed by atoms with Crippen molar-refractivity contribution in [1.82, 2.24) is 4.98 Å². The zero-order valence-electron chi connectivity index (χ0n) is 9.15. The van der Waals surface area contributed by atoms with Gasteiger partial charge in [0.2, 0.25) is 0 Å². The van der Waals surface area contributed by atoms with Gasteiger partial charge in [-0.1, -0.05) is 12.2 Å². The Kier molecular flexibility index (Phi) is 3.47. The molecule has 0 aliphatic rings. The second-order valence-electron chi connectivity index (χ2n) is 3.54. The first-order valence-electron chi connectivity index (χ1n) is 5.04. The summed E-state index contributed by atoms with van der Waals surface area (Å²) in [6.45, 7) is 0. The minimum atomic E-state index is -0.570. The average molecular weight is 265 g/mol. The molecule has 1 aromatic heterocycles. The van der Waals surface area contributed by atoms with E-state index in [-0.39, 0.29) is 10.7 Å². The molecule has 0 saturated heterocycles. The molecule has 6 heteroatoms. The topological polar surface area (TPSA) is 50.9 Å². The molecule has 0 aliphatic heterocycles. The van der Waals surface area contributed by atoms with Gasteiger partial charge in [0.25, 0.3) is 0 Å². The molecule has 0 atom stereocenters. The smallest absolute Gasteiger partial charge is 0.146 e. The Labute approximate surface area is 108 Å². The quantitative estimate of drug-likeness (QED) is 0.838. The van der Waals surface area contributed by atoms with Crippen LogP contribution in [0.25, 0.3) is 0 Å².